The molecule has 0 aromatic heterocycles. The molecule has 1 rings (SSSR count). The van der Waals surface area contributed by atoms with Crippen molar-refractivity contribution in [3.05, 3.63) is 27.7 Å². The van der Waals surface area contributed by atoms with Gasteiger partial charge in [0.25, 0.3) is 5.24 Å². The average Bonchev–Trinajstić information content (AvgIpc) is 2.32. The first-order valence-electron chi connectivity index (χ1n) is 4.48. The van der Waals surface area contributed by atoms with Gasteiger partial charge in [0.05, 0.1) is 22.7 Å². The molecule has 0 aliphatic carbocycles. The first-order chi connectivity index (χ1) is 8.36. The zero-order valence-electron chi connectivity index (χ0n) is 8.95. The van der Waals surface area contributed by atoms with E-state index in [1.54, 1.807) is 0 Å². The highest BCUT2D eigenvalue weighted by atomic mass is 35.5. The lowest BCUT2D eigenvalue weighted by atomic mass is 10.2. The van der Waals surface area contributed by atoms with Crippen LogP contribution < -0.4 is 0 Å². The molecule has 0 aliphatic heterocycles. The van der Waals surface area contributed by atoms with E-state index in [1.165, 1.54) is 19.2 Å². The predicted octanol–water partition coefficient (Wildman–Crippen LogP) is 2.96. The van der Waals surface area contributed by atoms with Crippen LogP contribution in [0.3, 0.4) is 0 Å². The number of carbonyl (C=O) groups is 2. The zero-order valence-corrected chi connectivity index (χ0v) is 12.0. The SMILES string of the molecule is COC(=O)c1cc(Cl)c(Cl)cc1SC(O)C(=O)Cl. The van der Waals surface area contributed by atoms with Gasteiger partial charge in [0.2, 0.25) is 0 Å². The van der Waals surface area contributed by atoms with Gasteiger partial charge in [0.1, 0.15) is 0 Å². The molecule has 0 amide bonds. The highest BCUT2D eigenvalue weighted by Crippen LogP contribution is 2.34. The molecule has 0 spiro atoms. The summed E-state index contributed by atoms with van der Waals surface area (Å²) >= 11 is 17.4. The number of benzene rings is 1. The number of aliphatic hydroxyl groups is 1. The second-order valence-electron chi connectivity index (χ2n) is 3.03. The zero-order chi connectivity index (χ0) is 13.9. The van der Waals surface area contributed by atoms with Crippen molar-refractivity contribution in [2.24, 2.45) is 0 Å². The number of hydrogen-bond acceptors (Lipinski definition) is 5. The van der Waals surface area contributed by atoms with E-state index in [4.69, 9.17) is 34.8 Å². The molecule has 0 aliphatic rings. The monoisotopic (exact) mass is 328 g/mol. The van der Waals surface area contributed by atoms with Crippen molar-refractivity contribution < 1.29 is 19.4 Å². The van der Waals surface area contributed by atoms with Crippen molar-refractivity contribution in [1.82, 2.24) is 0 Å². The number of halogens is 3. The molecule has 18 heavy (non-hydrogen) atoms. The Balaban J connectivity index is 3.19. The molecule has 0 saturated carbocycles. The number of hydrogen-bond donors (Lipinski definition) is 1. The summed E-state index contributed by atoms with van der Waals surface area (Å²) in [5, 5.41) is 8.76. The third-order valence-corrected chi connectivity index (χ3v) is 3.95. The molecular weight excluding hydrogens is 323 g/mol. The number of rotatable bonds is 4. The minimum atomic E-state index is -1.51. The van der Waals surface area contributed by atoms with Crippen molar-refractivity contribution in [2.45, 2.75) is 10.3 Å². The fourth-order valence-electron chi connectivity index (χ4n) is 1.06. The molecule has 1 unspecified atom stereocenters. The smallest absolute Gasteiger partial charge is 0.339 e. The summed E-state index contributed by atoms with van der Waals surface area (Å²) in [6.45, 7) is 0. The third kappa shape index (κ3) is 3.76. The third-order valence-electron chi connectivity index (χ3n) is 1.86. The molecule has 1 aromatic carbocycles. The first kappa shape index (κ1) is 15.6. The quantitative estimate of drug-likeness (QED) is 0.398. The van der Waals surface area contributed by atoms with Crippen LogP contribution in [0.1, 0.15) is 10.4 Å². The topological polar surface area (TPSA) is 63.6 Å². The molecule has 0 radical (unpaired) electrons. The lowest BCUT2D eigenvalue weighted by molar-refractivity contribution is -0.115. The van der Waals surface area contributed by atoms with Gasteiger partial charge in [-0.1, -0.05) is 35.0 Å². The maximum atomic E-state index is 11.5. The fourth-order valence-corrected chi connectivity index (χ4v) is 2.38. The van der Waals surface area contributed by atoms with Crippen LogP contribution in [0.5, 0.6) is 0 Å². The van der Waals surface area contributed by atoms with E-state index in [1.807, 2.05) is 0 Å². The number of esters is 1. The first-order valence-corrected chi connectivity index (χ1v) is 6.49. The Labute approximate surface area is 122 Å². The molecule has 1 aromatic rings. The average molecular weight is 330 g/mol. The van der Waals surface area contributed by atoms with Gasteiger partial charge in [-0.25, -0.2) is 4.79 Å². The van der Waals surface area contributed by atoms with Crippen LogP contribution in [0.25, 0.3) is 0 Å². The molecule has 0 heterocycles. The van der Waals surface area contributed by atoms with Gasteiger partial charge in [0.15, 0.2) is 5.44 Å². The molecule has 1 atom stereocenters. The summed E-state index contributed by atoms with van der Waals surface area (Å²) in [6.07, 6.45) is 0. The van der Waals surface area contributed by atoms with Gasteiger partial charge in [-0.05, 0) is 23.7 Å². The Bertz CT molecular complexity index is 492. The van der Waals surface area contributed by atoms with Crippen molar-refractivity contribution in [3.63, 3.8) is 0 Å². The summed E-state index contributed by atoms with van der Waals surface area (Å²) in [6, 6.07) is 2.65. The molecular formula is C10H7Cl3O4S. The molecule has 1 N–H and O–H groups in total. The lowest BCUT2D eigenvalue weighted by Gasteiger charge is -2.11. The molecule has 98 valence electrons. The van der Waals surface area contributed by atoms with Crippen LogP contribution in [0.2, 0.25) is 10.0 Å². The van der Waals surface area contributed by atoms with E-state index < -0.39 is 16.6 Å². The molecule has 0 bridgehead atoms. The Morgan fingerprint density at radius 2 is 1.89 bits per heavy atom. The van der Waals surface area contributed by atoms with Gasteiger partial charge in [0, 0.05) is 4.90 Å². The normalized spacial score (nSPS) is 12.1. The molecule has 8 heteroatoms. The highest BCUT2D eigenvalue weighted by molar-refractivity contribution is 8.00. The van der Waals surface area contributed by atoms with Crippen molar-refractivity contribution in [1.29, 1.82) is 0 Å². The number of thioether (sulfide) groups is 1. The largest absolute Gasteiger partial charge is 0.465 e. The predicted molar refractivity (Wildman–Crippen MR) is 70.5 cm³/mol. The van der Waals surface area contributed by atoms with Gasteiger partial charge in [-0.2, -0.15) is 0 Å². The van der Waals surface area contributed by atoms with E-state index in [-0.39, 0.29) is 20.5 Å². The maximum absolute atomic E-state index is 11.5. The minimum Gasteiger partial charge on any atom is -0.465 e. The van der Waals surface area contributed by atoms with Crippen LogP contribution in [0.4, 0.5) is 0 Å². The minimum absolute atomic E-state index is 0.0915. The Hall–Kier alpha value is -0.460. The summed E-state index contributed by atoms with van der Waals surface area (Å²) in [7, 11) is 1.20. The summed E-state index contributed by atoms with van der Waals surface area (Å²) < 4.78 is 4.56. The number of ether oxygens (including phenoxy) is 1. The summed E-state index contributed by atoms with van der Waals surface area (Å²) in [5.74, 6) is -0.662. The lowest BCUT2D eigenvalue weighted by Crippen LogP contribution is -2.11. The van der Waals surface area contributed by atoms with Crippen molar-refractivity contribution in [2.75, 3.05) is 7.11 Å². The maximum Gasteiger partial charge on any atom is 0.339 e. The molecule has 0 fully saturated rings. The summed E-state index contributed by atoms with van der Waals surface area (Å²) in [5.41, 5.74) is -1.42. The van der Waals surface area contributed by atoms with E-state index in [9.17, 15) is 14.7 Å². The van der Waals surface area contributed by atoms with E-state index in [2.05, 4.69) is 4.74 Å². The number of methoxy groups -OCH3 is 1. The molecule has 0 saturated heterocycles. The highest BCUT2D eigenvalue weighted by Gasteiger charge is 2.21. The Morgan fingerprint density at radius 3 is 2.39 bits per heavy atom. The van der Waals surface area contributed by atoms with E-state index in [0.717, 1.165) is 0 Å². The Kier molecular flexibility index (Phi) is 5.75. The number of aliphatic hydroxyl groups excluding tert-OH is 1. The second kappa shape index (κ2) is 6.63. The Morgan fingerprint density at radius 1 is 1.33 bits per heavy atom. The van der Waals surface area contributed by atoms with E-state index >= 15 is 0 Å². The van der Waals surface area contributed by atoms with Gasteiger partial charge >= 0.3 is 5.97 Å². The fraction of sp³-hybridized carbons (Fsp3) is 0.200. The van der Waals surface area contributed by atoms with Gasteiger partial charge in [-0.3, -0.25) is 4.79 Å². The van der Waals surface area contributed by atoms with Crippen LogP contribution in [-0.4, -0.2) is 28.9 Å². The van der Waals surface area contributed by atoms with Gasteiger partial charge in [-0.15, -0.1) is 0 Å². The number of carbonyl (C=O) groups excluding carboxylic acids is 2. The van der Waals surface area contributed by atoms with Crippen molar-refractivity contribution in [3.8, 4) is 0 Å². The van der Waals surface area contributed by atoms with Crippen LogP contribution in [-0.2, 0) is 9.53 Å². The molecule has 4 nitrogen and oxygen atoms in total. The standard InChI is InChI=1S/C10H7Cl3O4S/c1-17-9(15)4-2-5(11)6(12)3-7(4)18-10(16)8(13)14/h2-3,10,16H,1H3. The van der Waals surface area contributed by atoms with Gasteiger partial charge < -0.3 is 9.84 Å². The summed E-state index contributed by atoms with van der Waals surface area (Å²) in [4.78, 5) is 22.5. The van der Waals surface area contributed by atoms with Crippen LogP contribution in [0.15, 0.2) is 17.0 Å². The van der Waals surface area contributed by atoms with Crippen LogP contribution >= 0.6 is 46.6 Å². The van der Waals surface area contributed by atoms with Crippen molar-refractivity contribution >= 4 is 57.8 Å². The van der Waals surface area contributed by atoms with Crippen LogP contribution in [0, 0.1) is 0 Å². The second-order valence-corrected chi connectivity index (χ2v) is 5.34. The van der Waals surface area contributed by atoms with E-state index in [0.29, 0.717) is 11.8 Å².